The van der Waals surface area contributed by atoms with Crippen LogP contribution in [0, 0.1) is 0 Å². The molecule has 1 amide bonds. The van der Waals surface area contributed by atoms with Gasteiger partial charge in [0.2, 0.25) is 5.91 Å². The molecule has 0 heterocycles. The van der Waals surface area contributed by atoms with Gasteiger partial charge in [0.05, 0.1) is 6.61 Å². The van der Waals surface area contributed by atoms with Crippen LogP contribution in [0.3, 0.4) is 0 Å². The molecule has 20 heavy (non-hydrogen) atoms. The Bertz CT molecular complexity index is 404. The van der Waals surface area contributed by atoms with E-state index in [0.717, 1.165) is 12.2 Å². The highest BCUT2D eigenvalue weighted by Crippen LogP contribution is 2.17. The monoisotopic (exact) mass is 280 g/mol. The van der Waals surface area contributed by atoms with Gasteiger partial charge in [-0.1, -0.05) is 20.8 Å². The second kappa shape index (κ2) is 8.43. The molecule has 1 atom stereocenters. The number of ether oxygens (including phenoxy) is 2. The predicted molar refractivity (Wildman–Crippen MR) is 79.0 cm³/mol. The lowest BCUT2D eigenvalue weighted by Gasteiger charge is -2.18. The predicted octanol–water partition coefficient (Wildman–Crippen LogP) is 1.71. The molecule has 0 aliphatic heterocycles. The van der Waals surface area contributed by atoms with Gasteiger partial charge in [-0.15, -0.1) is 0 Å². The van der Waals surface area contributed by atoms with Crippen molar-refractivity contribution < 1.29 is 14.3 Å². The van der Waals surface area contributed by atoms with Crippen LogP contribution in [0.5, 0.6) is 11.5 Å². The van der Waals surface area contributed by atoms with E-state index in [0.29, 0.717) is 12.4 Å². The van der Waals surface area contributed by atoms with Crippen LogP contribution < -0.4 is 20.5 Å². The number of amides is 1. The van der Waals surface area contributed by atoms with Crippen molar-refractivity contribution in [1.82, 2.24) is 5.32 Å². The molecule has 1 rings (SSSR count). The summed E-state index contributed by atoms with van der Waals surface area (Å²) >= 11 is 0. The fourth-order valence-electron chi connectivity index (χ4n) is 1.65. The molecule has 0 fully saturated rings. The van der Waals surface area contributed by atoms with E-state index in [1.807, 2.05) is 38.1 Å². The van der Waals surface area contributed by atoms with Crippen LogP contribution in [0.25, 0.3) is 0 Å². The molecule has 1 aromatic rings. The summed E-state index contributed by atoms with van der Waals surface area (Å²) in [5, 5.41) is 3.06. The van der Waals surface area contributed by atoms with E-state index >= 15 is 0 Å². The Balaban J connectivity index is 2.49. The SMILES string of the molecule is CCCOc1ccc(OCC(NC(C)C)C(N)=O)cc1. The molecule has 112 valence electrons. The van der Waals surface area contributed by atoms with Crippen molar-refractivity contribution in [3.8, 4) is 11.5 Å². The van der Waals surface area contributed by atoms with Crippen molar-refractivity contribution in [3.05, 3.63) is 24.3 Å². The molecule has 0 bridgehead atoms. The Morgan fingerprint density at radius 1 is 1.20 bits per heavy atom. The van der Waals surface area contributed by atoms with Gasteiger partial charge in [0.25, 0.3) is 0 Å². The van der Waals surface area contributed by atoms with Gasteiger partial charge >= 0.3 is 0 Å². The normalized spacial score (nSPS) is 12.2. The summed E-state index contributed by atoms with van der Waals surface area (Å²) < 4.78 is 11.1. The summed E-state index contributed by atoms with van der Waals surface area (Å²) in [6, 6.07) is 7.00. The third-order valence-corrected chi connectivity index (χ3v) is 2.59. The summed E-state index contributed by atoms with van der Waals surface area (Å²) in [7, 11) is 0. The van der Waals surface area contributed by atoms with E-state index in [1.54, 1.807) is 0 Å². The highest BCUT2D eigenvalue weighted by molar-refractivity contribution is 5.80. The van der Waals surface area contributed by atoms with Crippen molar-refractivity contribution in [2.45, 2.75) is 39.3 Å². The van der Waals surface area contributed by atoms with Crippen LogP contribution in [-0.4, -0.2) is 31.2 Å². The summed E-state index contributed by atoms with van der Waals surface area (Å²) in [5.74, 6) is 1.08. The Hall–Kier alpha value is -1.75. The van der Waals surface area contributed by atoms with Gasteiger partial charge in [-0.2, -0.15) is 0 Å². The van der Waals surface area contributed by atoms with Crippen molar-refractivity contribution in [2.75, 3.05) is 13.2 Å². The molecule has 0 saturated carbocycles. The molecule has 1 aromatic carbocycles. The van der Waals surface area contributed by atoms with Crippen molar-refractivity contribution in [1.29, 1.82) is 0 Å². The van der Waals surface area contributed by atoms with E-state index in [9.17, 15) is 4.79 Å². The minimum atomic E-state index is -0.494. The van der Waals surface area contributed by atoms with Crippen molar-refractivity contribution in [3.63, 3.8) is 0 Å². The van der Waals surface area contributed by atoms with Crippen LogP contribution in [0.1, 0.15) is 27.2 Å². The maximum atomic E-state index is 11.3. The molecular weight excluding hydrogens is 256 g/mol. The largest absolute Gasteiger partial charge is 0.494 e. The number of nitrogens with two attached hydrogens (primary N) is 1. The topological polar surface area (TPSA) is 73.6 Å². The summed E-state index contributed by atoms with van der Waals surface area (Å²) in [6.45, 7) is 6.87. The molecule has 3 N–H and O–H groups in total. The first kappa shape index (κ1) is 16.3. The van der Waals surface area contributed by atoms with Crippen molar-refractivity contribution in [2.24, 2.45) is 5.73 Å². The maximum absolute atomic E-state index is 11.3. The number of carbonyl (C=O) groups is 1. The van der Waals surface area contributed by atoms with Gasteiger partial charge in [0, 0.05) is 6.04 Å². The van der Waals surface area contributed by atoms with Gasteiger partial charge in [0.1, 0.15) is 24.1 Å². The van der Waals surface area contributed by atoms with Crippen LogP contribution >= 0.6 is 0 Å². The maximum Gasteiger partial charge on any atom is 0.238 e. The first-order chi connectivity index (χ1) is 9.52. The van der Waals surface area contributed by atoms with Crippen LogP contribution in [-0.2, 0) is 4.79 Å². The fourth-order valence-corrected chi connectivity index (χ4v) is 1.65. The lowest BCUT2D eigenvalue weighted by molar-refractivity contribution is -0.120. The zero-order chi connectivity index (χ0) is 15.0. The van der Waals surface area contributed by atoms with Gasteiger partial charge in [-0.3, -0.25) is 4.79 Å². The second-order valence-electron chi connectivity index (χ2n) is 4.91. The zero-order valence-electron chi connectivity index (χ0n) is 12.4. The zero-order valence-corrected chi connectivity index (χ0v) is 12.4. The number of carbonyl (C=O) groups excluding carboxylic acids is 1. The Morgan fingerprint density at radius 3 is 2.20 bits per heavy atom. The average Bonchev–Trinajstić information content (AvgIpc) is 2.41. The molecule has 0 aliphatic rings. The molecule has 5 heteroatoms. The number of hydrogen-bond acceptors (Lipinski definition) is 4. The summed E-state index contributed by atoms with van der Waals surface area (Å²) in [5.41, 5.74) is 5.33. The Morgan fingerprint density at radius 2 is 1.75 bits per heavy atom. The Labute approximate surface area is 120 Å². The van der Waals surface area contributed by atoms with E-state index < -0.39 is 11.9 Å². The number of rotatable bonds is 9. The third-order valence-electron chi connectivity index (χ3n) is 2.59. The minimum absolute atomic E-state index is 0.168. The van der Waals surface area contributed by atoms with Crippen LogP contribution in [0.2, 0.25) is 0 Å². The van der Waals surface area contributed by atoms with Gasteiger partial charge in [-0.05, 0) is 30.7 Å². The van der Waals surface area contributed by atoms with Crippen molar-refractivity contribution >= 4 is 5.91 Å². The first-order valence-corrected chi connectivity index (χ1v) is 6.94. The average molecular weight is 280 g/mol. The molecule has 0 aromatic heterocycles. The number of primary amides is 1. The number of nitrogens with one attached hydrogen (secondary N) is 1. The molecule has 1 unspecified atom stereocenters. The highest BCUT2D eigenvalue weighted by Gasteiger charge is 2.16. The van der Waals surface area contributed by atoms with Gasteiger partial charge < -0.3 is 20.5 Å². The standard InChI is InChI=1S/C15H24N2O3/c1-4-9-19-12-5-7-13(8-6-12)20-10-14(15(16)18)17-11(2)3/h5-8,11,14,17H,4,9-10H2,1-3H3,(H2,16,18). The third kappa shape index (κ3) is 5.93. The lowest BCUT2D eigenvalue weighted by atomic mass is 10.2. The smallest absolute Gasteiger partial charge is 0.238 e. The quantitative estimate of drug-likeness (QED) is 0.722. The molecule has 0 radical (unpaired) electrons. The fraction of sp³-hybridized carbons (Fsp3) is 0.533. The Kier molecular flexibility index (Phi) is 6.87. The molecule has 0 spiro atoms. The van der Waals surface area contributed by atoms with E-state index in [2.05, 4.69) is 12.2 Å². The second-order valence-corrected chi connectivity index (χ2v) is 4.91. The highest BCUT2D eigenvalue weighted by atomic mass is 16.5. The van der Waals surface area contributed by atoms with E-state index in [1.165, 1.54) is 0 Å². The number of benzene rings is 1. The minimum Gasteiger partial charge on any atom is -0.494 e. The number of hydrogen-bond donors (Lipinski definition) is 2. The molecular formula is C15H24N2O3. The lowest BCUT2D eigenvalue weighted by Crippen LogP contribution is -2.48. The summed E-state index contributed by atoms with van der Waals surface area (Å²) in [4.78, 5) is 11.3. The van der Waals surface area contributed by atoms with Gasteiger partial charge in [-0.25, -0.2) is 0 Å². The first-order valence-electron chi connectivity index (χ1n) is 6.94. The van der Waals surface area contributed by atoms with E-state index in [4.69, 9.17) is 15.2 Å². The van der Waals surface area contributed by atoms with Crippen LogP contribution in [0.15, 0.2) is 24.3 Å². The molecule has 0 saturated heterocycles. The molecule has 5 nitrogen and oxygen atoms in total. The van der Waals surface area contributed by atoms with Gasteiger partial charge in [0.15, 0.2) is 0 Å². The molecule has 0 aliphatic carbocycles. The summed E-state index contributed by atoms with van der Waals surface area (Å²) in [6.07, 6.45) is 0.972. The van der Waals surface area contributed by atoms with Crippen LogP contribution in [0.4, 0.5) is 0 Å². The van der Waals surface area contributed by atoms with E-state index in [-0.39, 0.29) is 12.6 Å².